The Morgan fingerprint density at radius 3 is 2.90 bits per heavy atom. The topological polar surface area (TPSA) is 91.1 Å². The molecule has 0 saturated carbocycles. The van der Waals surface area contributed by atoms with Crippen LogP contribution in [-0.2, 0) is 12.8 Å². The van der Waals surface area contributed by atoms with Crippen LogP contribution >= 0.6 is 0 Å². The summed E-state index contributed by atoms with van der Waals surface area (Å²) in [6.45, 7) is 3.09. The van der Waals surface area contributed by atoms with E-state index < -0.39 is 0 Å². The minimum atomic E-state index is -0.188. The summed E-state index contributed by atoms with van der Waals surface area (Å²) in [6.07, 6.45) is 4.57. The fraction of sp³-hybridized carbons (Fsp3) is 0.250. The molecule has 0 amide bonds. The molecule has 0 spiro atoms. The van der Waals surface area contributed by atoms with E-state index in [0.29, 0.717) is 11.8 Å². The molecule has 0 aliphatic carbocycles. The summed E-state index contributed by atoms with van der Waals surface area (Å²) < 4.78 is 0. The van der Waals surface area contributed by atoms with Gasteiger partial charge in [0.1, 0.15) is 17.8 Å². The zero-order valence-electron chi connectivity index (χ0n) is 17.6. The first-order chi connectivity index (χ1) is 15.2. The van der Waals surface area contributed by atoms with Crippen LogP contribution in [0, 0.1) is 6.92 Å². The fourth-order valence-electron chi connectivity index (χ4n) is 4.27. The number of nitrogens with two attached hydrogens (primary N) is 1. The van der Waals surface area contributed by atoms with E-state index in [9.17, 15) is 0 Å². The van der Waals surface area contributed by atoms with Crippen LogP contribution in [0.5, 0.6) is 0 Å². The molecule has 0 radical (unpaired) electrons. The lowest BCUT2D eigenvalue weighted by molar-refractivity contribution is 0.598. The third-order valence-electron chi connectivity index (χ3n) is 5.83. The van der Waals surface area contributed by atoms with Gasteiger partial charge < -0.3 is 21.4 Å². The van der Waals surface area contributed by atoms with E-state index >= 15 is 0 Å². The molecule has 2 aromatic carbocycles. The highest BCUT2D eigenvalue weighted by atomic mass is 15.5. The van der Waals surface area contributed by atoms with Gasteiger partial charge in [0.25, 0.3) is 0 Å². The first-order valence-electron chi connectivity index (χ1n) is 10.7. The highest BCUT2D eigenvalue weighted by molar-refractivity contribution is 5.66. The molecular weight excluding hydrogens is 386 g/mol. The molecule has 0 saturated heterocycles. The lowest BCUT2D eigenvalue weighted by atomic mass is 9.99. The number of nitrogens with zero attached hydrogens (tertiary/aromatic N) is 3. The average molecular weight is 414 g/mol. The van der Waals surface area contributed by atoms with E-state index in [1.807, 2.05) is 24.3 Å². The number of benzene rings is 2. The SMILES string of the molecule is Cc1ccc2c(c1)CCCN2c1ccnc(NC2NNC(N)=C2Cc2ccccc2)n1. The molecule has 2 aliphatic rings. The first kappa shape index (κ1) is 19.4. The normalized spacial score (nSPS) is 18.0. The van der Waals surface area contributed by atoms with E-state index in [1.165, 1.54) is 22.4 Å². The zero-order chi connectivity index (χ0) is 21.2. The van der Waals surface area contributed by atoms with Gasteiger partial charge in [0.15, 0.2) is 0 Å². The van der Waals surface area contributed by atoms with Crippen LogP contribution in [0.15, 0.2) is 72.2 Å². The number of hydrogen-bond acceptors (Lipinski definition) is 7. The molecule has 1 aromatic heterocycles. The average Bonchev–Trinajstić information content (AvgIpc) is 3.13. The van der Waals surface area contributed by atoms with Gasteiger partial charge in [0, 0.05) is 30.4 Å². The second-order valence-electron chi connectivity index (χ2n) is 8.07. The summed E-state index contributed by atoms with van der Waals surface area (Å²) in [7, 11) is 0. The van der Waals surface area contributed by atoms with Gasteiger partial charge in [-0.3, -0.25) is 0 Å². The van der Waals surface area contributed by atoms with Crippen LogP contribution in [0.3, 0.4) is 0 Å². The number of aryl methyl sites for hydroxylation is 2. The minimum absolute atomic E-state index is 0.188. The van der Waals surface area contributed by atoms with Gasteiger partial charge in [-0.05, 0) is 43.0 Å². The molecule has 3 heterocycles. The third kappa shape index (κ3) is 4.04. The Kier molecular flexibility index (Phi) is 5.18. The standard InChI is InChI=1S/C24H27N7/c1-16-9-10-20-18(14-16)8-5-13-31(20)21-11-12-26-24(27-21)28-23-19(22(25)29-30-23)15-17-6-3-2-4-7-17/h2-4,6-7,9-12,14,23,29-30H,5,8,13,15,25H2,1H3,(H,26,27,28). The van der Waals surface area contributed by atoms with Gasteiger partial charge in [-0.1, -0.05) is 48.0 Å². The second-order valence-corrected chi connectivity index (χ2v) is 8.07. The minimum Gasteiger partial charge on any atom is -0.384 e. The van der Waals surface area contributed by atoms with Gasteiger partial charge in [0.05, 0.1) is 0 Å². The monoisotopic (exact) mass is 413 g/mol. The van der Waals surface area contributed by atoms with Crippen LogP contribution in [0.2, 0.25) is 0 Å². The molecular formula is C24H27N7. The first-order valence-corrected chi connectivity index (χ1v) is 10.7. The van der Waals surface area contributed by atoms with E-state index in [2.05, 4.69) is 63.3 Å². The van der Waals surface area contributed by atoms with Gasteiger partial charge in [-0.25, -0.2) is 10.4 Å². The highest BCUT2D eigenvalue weighted by Crippen LogP contribution is 2.33. The maximum absolute atomic E-state index is 6.20. The van der Waals surface area contributed by atoms with Crippen molar-refractivity contribution in [2.24, 2.45) is 5.73 Å². The predicted octanol–water partition coefficient (Wildman–Crippen LogP) is 3.13. The molecule has 1 unspecified atom stereocenters. The quantitative estimate of drug-likeness (QED) is 0.511. The number of anilines is 3. The number of fused-ring (bicyclic) bond motifs is 1. The second kappa shape index (κ2) is 8.28. The molecule has 5 rings (SSSR count). The Morgan fingerprint density at radius 1 is 1.16 bits per heavy atom. The van der Waals surface area contributed by atoms with Crippen molar-refractivity contribution >= 4 is 17.5 Å². The zero-order valence-corrected chi connectivity index (χ0v) is 17.6. The highest BCUT2D eigenvalue weighted by Gasteiger charge is 2.25. The summed E-state index contributed by atoms with van der Waals surface area (Å²) in [4.78, 5) is 11.6. The maximum Gasteiger partial charge on any atom is 0.226 e. The van der Waals surface area contributed by atoms with E-state index in [4.69, 9.17) is 10.7 Å². The number of nitrogens with one attached hydrogen (secondary N) is 3. The van der Waals surface area contributed by atoms with Crippen molar-refractivity contribution in [3.63, 3.8) is 0 Å². The molecule has 3 aromatic rings. The van der Waals surface area contributed by atoms with Crippen molar-refractivity contribution in [1.29, 1.82) is 0 Å². The fourth-order valence-corrected chi connectivity index (χ4v) is 4.27. The van der Waals surface area contributed by atoms with Crippen LogP contribution in [0.25, 0.3) is 0 Å². The van der Waals surface area contributed by atoms with E-state index in [1.54, 1.807) is 6.20 Å². The number of aromatic nitrogens is 2. The summed E-state index contributed by atoms with van der Waals surface area (Å²) in [5, 5.41) is 3.39. The molecule has 0 bridgehead atoms. The van der Waals surface area contributed by atoms with Crippen molar-refractivity contribution in [2.45, 2.75) is 32.4 Å². The van der Waals surface area contributed by atoms with Crippen molar-refractivity contribution in [2.75, 3.05) is 16.8 Å². The van der Waals surface area contributed by atoms with Crippen molar-refractivity contribution in [3.05, 3.63) is 88.9 Å². The van der Waals surface area contributed by atoms with Crippen molar-refractivity contribution < 1.29 is 0 Å². The molecule has 7 nitrogen and oxygen atoms in total. The number of rotatable bonds is 5. The van der Waals surface area contributed by atoms with Gasteiger partial charge in [0.2, 0.25) is 5.95 Å². The summed E-state index contributed by atoms with van der Waals surface area (Å²) in [6, 6.07) is 18.9. The van der Waals surface area contributed by atoms with Crippen LogP contribution in [0.1, 0.15) is 23.1 Å². The molecule has 2 aliphatic heterocycles. The Balaban J connectivity index is 1.37. The van der Waals surface area contributed by atoms with Crippen molar-refractivity contribution in [1.82, 2.24) is 20.8 Å². The van der Waals surface area contributed by atoms with E-state index in [0.717, 1.165) is 37.2 Å². The molecule has 31 heavy (non-hydrogen) atoms. The molecule has 158 valence electrons. The Hall–Kier alpha value is -3.58. The Morgan fingerprint density at radius 2 is 2.03 bits per heavy atom. The third-order valence-corrected chi connectivity index (χ3v) is 5.83. The summed E-state index contributed by atoms with van der Waals surface area (Å²) in [5.74, 6) is 2.10. The summed E-state index contributed by atoms with van der Waals surface area (Å²) >= 11 is 0. The van der Waals surface area contributed by atoms with Gasteiger partial charge >= 0.3 is 0 Å². The maximum atomic E-state index is 6.20. The molecule has 5 N–H and O–H groups in total. The van der Waals surface area contributed by atoms with Crippen LogP contribution in [0.4, 0.5) is 17.5 Å². The smallest absolute Gasteiger partial charge is 0.226 e. The Bertz CT molecular complexity index is 1110. The predicted molar refractivity (Wildman–Crippen MR) is 124 cm³/mol. The number of hydrogen-bond donors (Lipinski definition) is 4. The van der Waals surface area contributed by atoms with Crippen molar-refractivity contribution in [3.8, 4) is 0 Å². The van der Waals surface area contributed by atoms with Crippen LogP contribution in [-0.4, -0.2) is 22.7 Å². The van der Waals surface area contributed by atoms with E-state index in [-0.39, 0.29) is 6.17 Å². The lowest BCUT2D eigenvalue weighted by Crippen LogP contribution is -2.39. The Labute approximate surface area is 182 Å². The largest absolute Gasteiger partial charge is 0.384 e. The summed E-state index contributed by atoms with van der Waals surface area (Å²) in [5.41, 5.74) is 18.6. The number of hydrazine groups is 1. The van der Waals surface area contributed by atoms with Gasteiger partial charge in [-0.2, -0.15) is 4.98 Å². The van der Waals surface area contributed by atoms with Crippen LogP contribution < -0.4 is 26.8 Å². The molecule has 1 atom stereocenters. The molecule has 0 fully saturated rings. The lowest BCUT2D eigenvalue weighted by Gasteiger charge is -2.31. The molecule has 7 heteroatoms. The van der Waals surface area contributed by atoms with Gasteiger partial charge in [-0.15, -0.1) is 0 Å².